The van der Waals surface area contributed by atoms with E-state index < -0.39 is 0 Å². The minimum absolute atomic E-state index is 0.116. The van der Waals surface area contributed by atoms with Gasteiger partial charge in [0.15, 0.2) is 0 Å². The molecule has 0 radical (unpaired) electrons. The van der Waals surface area contributed by atoms with Gasteiger partial charge in [-0.3, -0.25) is 0 Å². The van der Waals surface area contributed by atoms with Crippen molar-refractivity contribution in [2.45, 2.75) is 17.4 Å². The number of hydrogen-bond donors (Lipinski definition) is 1. The SMILES string of the molecule is NC(CSc1ccc(F)cc1)Cc1ccc(Br)s1. The molecule has 0 aliphatic carbocycles. The van der Waals surface area contributed by atoms with E-state index in [1.165, 1.54) is 17.0 Å². The zero-order valence-electron chi connectivity index (χ0n) is 9.61. The van der Waals surface area contributed by atoms with E-state index in [9.17, 15) is 4.39 Å². The van der Waals surface area contributed by atoms with Crippen molar-refractivity contribution in [2.75, 3.05) is 5.75 Å². The average Bonchev–Trinajstić information content (AvgIpc) is 2.74. The fourth-order valence-corrected chi connectivity index (χ4v) is 3.94. The predicted molar refractivity (Wildman–Crippen MR) is 80.8 cm³/mol. The Morgan fingerprint density at radius 3 is 2.56 bits per heavy atom. The highest BCUT2D eigenvalue weighted by molar-refractivity contribution is 9.11. The van der Waals surface area contributed by atoms with Crippen molar-refractivity contribution in [2.24, 2.45) is 5.73 Å². The van der Waals surface area contributed by atoms with Crippen molar-refractivity contribution < 1.29 is 4.39 Å². The van der Waals surface area contributed by atoms with Crippen molar-refractivity contribution in [3.05, 3.63) is 50.9 Å². The van der Waals surface area contributed by atoms with Gasteiger partial charge < -0.3 is 5.73 Å². The Bertz CT molecular complexity index is 498. The molecule has 2 aromatic rings. The molecule has 0 spiro atoms. The van der Waals surface area contributed by atoms with Crippen LogP contribution in [0.4, 0.5) is 4.39 Å². The number of hydrogen-bond acceptors (Lipinski definition) is 3. The second-order valence-electron chi connectivity index (χ2n) is 3.93. The Labute approximate surface area is 123 Å². The maximum absolute atomic E-state index is 12.7. The fraction of sp³-hybridized carbons (Fsp3) is 0.231. The molecule has 0 aliphatic heterocycles. The molecule has 2 rings (SSSR count). The molecule has 1 heterocycles. The van der Waals surface area contributed by atoms with Gasteiger partial charge in [0, 0.05) is 21.6 Å². The van der Waals surface area contributed by atoms with Gasteiger partial charge in [0.25, 0.3) is 0 Å². The normalized spacial score (nSPS) is 12.6. The molecule has 2 N–H and O–H groups in total. The van der Waals surface area contributed by atoms with Crippen LogP contribution in [0.15, 0.2) is 45.1 Å². The van der Waals surface area contributed by atoms with Crippen LogP contribution < -0.4 is 5.73 Å². The Kier molecular flexibility index (Phi) is 5.24. The molecule has 1 unspecified atom stereocenters. The van der Waals surface area contributed by atoms with Crippen LogP contribution in [0.5, 0.6) is 0 Å². The molecule has 0 aliphatic rings. The van der Waals surface area contributed by atoms with E-state index in [0.717, 1.165) is 20.9 Å². The second-order valence-corrected chi connectivity index (χ2v) is 7.58. The molecular formula is C13H13BrFNS2. The Morgan fingerprint density at radius 1 is 1.22 bits per heavy atom. The van der Waals surface area contributed by atoms with Gasteiger partial charge in [0.2, 0.25) is 0 Å². The zero-order valence-corrected chi connectivity index (χ0v) is 12.8. The first-order valence-electron chi connectivity index (χ1n) is 5.51. The van der Waals surface area contributed by atoms with Gasteiger partial charge in [-0.25, -0.2) is 4.39 Å². The molecule has 0 saturated heterocycles. The van der Waals surface area contributed by atoms with E-state index in [-0.39, 0.29) is 11.9 Å². The monoisotopic (exact) mass is 345 g/mol. The number of benzene rings is 1. The smallest absolute Gasteiger partial charge is 0.123 e. The van der Waals surface area contributed by atoms with Crippen molar-refractivity contribution in [1.29, 1.82) is 0 Å². The molecule has 1 nitrogen and oxygen atoms in total. The molecule has 5 heteroatoms. The van der Waals surface area contributed by atoms with Gasteiger partial charge in [-0.1, -0.05) is 0 Å². The van der Waals surface area contributed by atoms with Crippen LogP contribution in [-0.4, -0.2) is 11.8 Å². The summed E-state index contributed by atoms with van der Waals surface area (Å²) in [5.41, 5.74) is 6.09. The molecule has 0 fully saturated rings. The summed E-state index contributed by atoms with van der Waals surface area (Å²) in [6.45, 7) is 0. The maximum atomic E-state index is 12.7. The first-order chi connectivity index (χ1) is 8.63. The number of halogens is 2. The van der Waals surface area contributed by atoms with Crippen molar-refractivity contribution in [3.8, 4) is 0 Å². The highest BCUT2D eigenvalue weighted by atomic mass is 79.9. The summed E-state index contributed by atoms with van der Waals surface area (Å²) in [6, 6.07) is 10.8. The highest BCUT2D eigenvalue weighted by Gasteiger charge is 2.07. The van der Waals surface area contributed by atoms with Crippen LogP contribution in [0.1, 0.15) is 4.88 Å². The number of thioether (sulfide) groups is 1. The van der Waals surface area contributed by atoms with Gasteiger partial charge in [0.1, 0.15) is 5.82 Å². The fourth-order valence-electron chi connectivity index (χ4n) is 1.51. The van der Waals surface area contributed by atoms with Crippen molar-refractivity contribution in [1.82, 2.24) is 0 Å². The third kappa shape index (κ3) is 4.39. The lowest BCUT2D eigenvalue weighted by Crippen LogP contribution is -2.25. The first kappa shape index (κ1) is 14.1. The van der Waals surface area contributed by atoms with E-state index in [1.54, 1.807) is 35.2 Å². The van der Waals surface area contributed by atoms with Crippen molar-refractivity contribution >= 4 is 39.0 Å². The lowest BCUT2D eigenvalue weighted by Gasteiger charge is -2.09. The summed E-state index contributed by atoms with van der Waals surface area (Å²) in [5.74, 6) is 0.633. The van der Waals surface area contributed by atoms with Gasteiger partial charge in [-0.05, 0) is 58.7 Å². The molecule has 18 heavy (non-hydrogen) atoms. The number of rotatable bonds is 5. The highest BCUT2D eigenvalue weighted by Crippen LogP contribution is 2.24. The molecule has 1 aromatic heterocycles. The number of nitrogens with two attached hydrogens (primary N) is 1. The zero-order chi connectivity index (χ0) is 13.0. The minimum Gasteiger partial charge on any atom is -0.327 e. The van der Waals surface area contributed by atoms with Crippen LogP contribution in [0.25, 0.3) is 0 Å². The maximum Gasteiger partial charge on any atom is 0.123 e. The van der Waals surface area contributed by atoms with Crippen LogP contribution in [0.3, 0.4) is 0 Å². The van der Waals surface area contributed by atoms with Crippen LogP contribution in [0.2, 0.25) is 0 Å². The summed E-state index contributed by atoms with van der Waals surface area (Å²) >= 11 is 6.82. The second kappa shape index (κ2) is 6.70. The molecule has 0 saturated carbocycles. The third-order valence-electron chi connectivity index (χ3n) is 2.37. The summed E-state index contributed by atoms with van der Waals surface area (Å²) in [7, 11) is 0. The van der Waals surface area contributed by atoms with E-state index >= 15 is 0 Å². The molecule has 1 aromatic carbocycles. The third-order valence-corrected chi connectivity index (χ3v) is 5.22. The molecule has 0 amide bonds. The van der Waals surface area contributed by atoms with Crippen molar-refractivity contribution in [3.63, 3.8) is 0 Å². The van der Waals surface area contributed by atoms with Gasteiger partial charge >= 0.3 is 0 Å². The lowest BCUT2D eigenvalue weighted by molar-refractivity contribution is 0.626. The molecule has 1 atom stereocenters. The Morgan fingerprint density at radius 2 is 1.94 bits per heavy atom. The summed E-state index contributed by atoms with van der Waals surface area (Å²) in [4.78, 5) is 2.34. The average molecular weight is 346 g/mol. The van der Waals surface area contributed by atoms with Gasteiger partial charge in [-0.2, -0.15) is 0 Å². The van der Waals surface area contributed by atoms with E-state index in [4.69, 9.17) is 5.73 Å². The van der Waals surface area contributed by atoms with E-state index in [0.29, 0.717) is 0 Å². The topological polar surface area (TPSA) is 26.0 Å². The van der Waals surface area contributed by atoms with Crippen LogP contribution in [0, 0.1) is 5.82 Å². The standard InChI is InChI=1S/C13H13BrFNS2/c14-13-6-5-12(18-13)7-10(16)8-17-11-3-1-9(15)2-4-11/h1-6,10H,7-8,16H2. The molecule has 96 valence electrons. The molecular weight excluding hydrogens is 333 g/mol. The first-order valence-corrected chi connectivity index (χ1v) is 8.11. The molecule has 0 bridgehead atoms. The number of thiophene rings is 1. The van der Waals surface area contributed by atoms with Gasteiger partial charge in [0.05, 0.1) is 3.79 Å². The van der Waals surface area contributed by atoms with Crippen LogP contribution in [-0.2, 0) is 6.42 Å². The largest absolute Gasteiger partial charge is 0.327 e. The lowest BCUT2D eigenvalue weighted by atomic mass is 10.2. The Hall–Kier alpha value is -0.360. The van der Waals surface area contributed by atoms with E-state index in [1.807, 2.05) is 6.07 Å². The Balaban J connectivity index is 1.81. The minimum atomic E-state index is -0.202. The van der Waals surface area contributed by atoms with E-state index in [2.05, 4.69) is 22.0 Å². The summed E-state index contributed by atoms with van der Waals surface area (Å²) in [6.07, 6.45) is 0.879. The predicted octanol–water partition coefficient (Wildman–Crippen LogP) is 4.31. The van der Waals surface area contributed by atoms with Gasteiger partial charge in [-0.15, -0.1) is 23.1 Å². The quantitative estimate of drug-likeness (QED) is 0.817. The summed E-state index contributed by atoms with van der Waals surface area (Å²) in [5, 5.41) is 0. The van der Waals surface area contributed by atoms with Crippen LogP contribution >= 0.6 is 39.0 Å². The summed E-state index contributed by atoms with van der Waals surface area (Å²) < 4.78 is 13.9.